The van der Waals surface area contributed by atoms with Gasteiger partial charge in [0.25, 0.3) is 5.25 Å². The van der Waals surface area contributed by atoms with Crippen LogP contribution in [0.15, 0.2) is 0 Å². The fraction of sp³-hybridized carbons (Fsp3) is 1.00. The molecular formula is C6H12ClNO5. The fourth-order valence-electron chi connectivity index (χ4n) is 1.15. The van der Waals surface area contributed by atoms with Crippen LogP contribution in [-0.2, 0) is 4.74 Å². The Bertz CT molecular complexity index is 188. The number of aliphatic hydroxyl groups is 4. The third-order valence-corrected chi connectivity index (χ3v) is 2.35. The molecule has 6 N–H and O–H groups in total. The largest absolute Gasteiger partial charge is 0.394 e. The van der Waals surface area contributed by atoms with Crippen LogP contribution in [0.4, 0.5) is 0 Å². The summed E-state index contributed by atoms with van der Waals surface area (Å²) < 4.78 is 4.65. The zero-order valence-corrected chi connectivity index (χ0v) is 7.42. The first kappa shape index (κ1) is 11.1. The maximum absolute atomic E-state index is 9.27. The Labute approximate surface area is 79.5 Å². The van der Waals surface area contributed by atoms with Crippen molar-refractivity contribution in [3.05, 3.63) is 0 Å². The Morgan fingerprint density at radius 1 is 1.38 bits per heavy atom. The number of alkyl halides is 1. The maximum atomic E-state index is 9.27. The summed E-state index contributed by atoms with van der Waals surface area (Å²) in [6, 6.07) is -1.33. The Morgan fingerprint density at radius 2 is 1.92 bits per heavy atom. The van der Waals surface area contributed by atoms with Crippen molar-refractivity contribution in [2.24, 2.45) is 5.73 Å². The summed E-state index contributed by atoms with van der Waals surface area (Å²) in [6.45, 7) is -0.569. The molecule has 0 radical (unpaired) electrons. The molecule has 5 atom stereocenters. The van der Waals surface area contributed by atoms with Gasteiger partial charge in [0.05, 0.1) is 6.61 Å². The minimum atomic E-state index is -2.26. The van der Waals surface area contributed by atoms with Crippen molar-refractivity contribution in [3.8, 4) is 0 Å². The van der Waals surface area contributed by atoms with E-state index >= 15 is 0 Å². The highest BCUT2D eigenvalue weighted by molar-refractivity contribution is 6.22. The van der Waals surface area contributed by atoms with E-state index in [0.29, 0.717) is 0 Å². The van der Waals surface area contributed by atoms with Crippen LogP contribution in [0.2, 0.25) is 0 Å². The van der Waals surface area contributed by atoms with Crippen molar-refractivity contribution in [1.29, 1.82) is 0 Å². The van der Waals surface area contributed by atoms with Crippen LogP contribution < -0.4 is 5.73 Å². The Balaban J connectivity index is 2.79. The van der Waals surface area contributed by atoms with Gasteiger partial charge in [-0.05, 0) is 0 Å². The van der Waals surface area contributed by atoms with Crippen LogP contribution in [0, 0.1) is 0 Å². The summed E-state index contributed by atoms with van der Waals surface area (Å²) in [6.07, 6.45) is -3.94. The molecule has 1 saturated heterocycles. The molecule has 78 valence electrons. The van der Waals surface area contributed by atoms with Crippen LogP contribution in [0.3, 0.4) is 0 Å². The summed E-state index contributed by atoms with van der Waals surface area (Å²) in [5, 5.41) is 34.2. The summed E-state index contributed by atoms with van der Waals surface area (Å²) in [4.78, 5) is 0. The molecule has 1 unspecified atom stereocenters. The molecule has 13 heavy (non-hydrogen) atoms. The minimum Gasteiger partial charge on any atom is -0.394 e. The highest BCUT2D eigenvalue weighted by Crippen LogP contribution is 2.29. The molecule has 0 aromatic rings. The number of halogens is 1. The van der Waals surface area contributed by atoms with Gasteiger partial charge in [-0.1, -0.05) is 11.6 Å². The zero-order valence-electron chi connectivity index (χ0n) is 6.67. The molecule has 0 aromatic heterocycles. The highest BCUT2D eigenvalue weighted by Gasteiger charge is 2.50. The van der Waals surface area contributed by atoms with Crippen LogP contribution in [-0.4, -0.2) is 56.6 Å². The number of aliphatic hydroxyl groups excluding tert-OH is 3. The van der Waals surface area contributed by atoms with Crippen molar-refractivity contribution in [2.75, 3.05) is 6.61 Å². The molecule has 1 aliphatic rings. The van der Waals surface area contributed by atoms with Crippen molar-refractivity contribution >= 4 is 11.6 Å². The number of rotatable bonds is 1. The molecule has 0 saturated carbocycles. The van der Waals surface area contributed by atoms with E-state index in [2.05, 4.69) is 4.74 Å². The first-order valence-corrected chi connectivity index (χ1v) is 4.09. The molecule has 0 bridgehead atoms. The monoisotopic (exact) mass is 213 g/mol. The Hall–Kier alpha value is 0.0500. The molecule has 0 aliphatic carbocycles. The number of nitrogens with two attached hydrogens (primary N) is 1. The van der Waals surface area contributed by atoms with Gasteiger partial charge in [-0.2, -0.15) is 0 Å². The van der Waals surface area contributed by atoms with Gasteiger partial charge in [-0.3, -0.25) is 0 Å². The fourth-order valence-corrected chi connectivity index (χ4v) is 1.39. The first-order valence-electron chi connectivity index (χ1n) is 3.72. The highest BCUT2D eigenvalue weighted by atomic mass is 35.5. The molecule has 1 aliphatic heterocycles. The van der Waals surface area contributed by atoms with E-state index < -0.39 is 36.2 Å². The van der Waals surface area contributed by atoms with E-state index in [-0.39, 0.29) is 0 Å². The molecule has 1 heterocycles. The third kappa shape index (κ3) is 1.94. The Kier molecular flexibility index (Phi) is 3.13. The normalized spacial score (nSPS) is 52.2. The summed E-state index contributed by atoms with van der Waals surface area (Å²) >= 11 is 5.38. The van der Waals surface area contributed by atoms with Crippen LogP contribution >= 0.6 is 11.6 Å². The third-order valence-electron chi connectivity index (χ3n) is 2.01. The lowest BCUT2D eigenvalue weighted by atomic mass is 9.98. The van der Waals surface area contributed by atoms with E-state index in [9.17, 15) is 15.3 Å². The van der Waals surface area contributed by atoms with Crippen LogP contribution in [0.25, 0.3) is 0 Å². The second-order valence-corrected chi connectivity index (χ2v) is 3.50. The van der Waals surface area contributed by atoms with Gasteiger partial charge < -0.3 is 30.9 Å². The standard InChI is InChI=1S/C6H12ClNO5/c7-6(12)5(8)4(11)3(10)2(1-9)13-6/h2-5,9-12H,1,8H2/t2-,3+,4+,5-,6?/m1/s1. The van der Waals surface area contributed by atoms with Gasteiger partial charge in [-0.25, -0.2) is 0 Å². The molecule has 0 aromatic carbocycles. The van der Waals surface area contributed by atoms with Gasteiger partial charge >= 0.3 is 0 Å². The average molecular weight is 214 g/mol. The zero-order chi connectivity index (χ0) is 10.2. The minimum absolute atomic E-state index is 0.569. The predicted molar refractivity (Wildman–Crippen MR) is 42.8 cm³/mol. The quantitative estimate of drug-likeness (QED) is 0.303. The van der Waals surface area contributed by atoms with E-state index in [1.165, 1.54) is 0 Å². The SMILES string of the molecule is N[C@@H]1[C@@H](O)[C@@H](O)[C@@H](CO)OC1(O)Cl. The summed E-state index contributed by atoms with van der Waals surface area (Å²) in [5.41, 5.74) is 5.26. The van der Waals surface area contributed by atoms with Gasteiger partial charge in [0.15, 0.2) is 0 Å². The van der Waals surface area contributed by atoms with Crippen molar-refractivity contribution in [1.82, 2.24) is 0 Å². The van der Waals surface area contributed by atoms with E-state index in [1.54, 1.807) is 0 Å². The molecular weight excluding hydrogens is 202 g/mol. The lowest BCUT2D eigenvalue weighted by molar-refractivity contribution is -0.272. The molecule has 1 rings (SSSR count). The molecule has 0 amide bonds. The molecule has 1 fully saturated rings. The Morgan fingerprint density at radius 3 is 2.38 bits per heavy atom. The van der Waals surface area contributed by atoms with Gasteiger partial charge in [-0.15, -0.1) is 0 Å². The maximum Gasteiger partial charge on any atom is 0.264 e. The summed E-state index contributed by atoms with van der Waals surface area (Å²) in [5.74, 6) is 0. The van der Waals surface area contributed by atoms with Gasteiger partial charge in [0.1, 0.15) is 24.4 Å². The van der Waals surface area contributed by atoms with E-state index in [4.69, 9.17) is 22.4 Å². The summed E-state index contributed by atoms with van der Waals surface area (Å²) in [7, 11) is 0. The van der Waals surface area contributed by atoms with E-state index in [0.717, 1.165) is 0 Å². The lowest BCUT2D eigenvalue weighted by Gasteiger charge is -2.42. The van der Waals surface area contributed by atoms with Crippen molar-refractivity contribution < 1.29 is 25.2 Å². The average Bonchev–Trinajstić information content (AvgIpc) is 2.08. The number of ether oxygens (including phenoxy) is 1. The van der Waals surface area contributed by atoms with Gasteiger partial charge in [0, 0.05) is 0 Å². The number of hydrogen-bond acceptors (Lipinski definition) is 6. The topological polar surface area (TPSA) is 116 Å². The predicted octanol–water partition coefficient (Wildman–Crippen LogP) is -2.69. The van der Waals surface area contributed by atoms with E-state index in [1.807, 2.05) is 0 Å². The molecule has 7 heteroatoms. The lowest BCUT2D eigenvalue weighted by Crippen LogP contribution is -2.66. The smallest absolute Gasteiger partial charge is 0.264 e. The van der Waals surface area contributed by atoms with Crippen LogP contribution in [0.1, 0.15) is 0 Å². The second kappa shape index (κ2) is 3.66. The van der Waals surface area contributed by atoms with Gasteiger partial charge in [0.2, 0.25) is 0 Å². The first-order chi connectivity index (χ1) is 5.90. The molecule has 6 nitrogen and oxygen atoms in total. The number of hydrogen-bond donors (Lipinski definition) is 5. The van der Waals surface area contributed by atoms with Crippen molar-refractivity contribution in [2.45, 2.75) is 29.6 Å². The molecule has 0 spiro atoms. The second-order valence-electron chi connectivity index (χ2n) is 2.95. The van der Waals surface area contributed by atoms with Crippen LogP contribution in [0.5, 0.6) is 0 Å². The van der Waals surface area contributed by atoms with Crippen molar-refractivity contribution in [3.63, 3.8) is 0 Å².